The Bertz CT molecular complexity index is 652. The predicted molar refractivity (Wildman–Crippen MR) is 90.3 cm³/mol. The SMILES string of the molecule is C=C(C)C(=O)COc1ccc(C(C)(C)c2ccccc2)cc1. The van der Waals surface area contributed by atoms with Gasteiger partial charge in [0.05, 0.1) is 0 Å². The van der Waals surface area contributed by atoms with E-state index in [4.69, 9.17) is 4.74 Å². The quantitative estimate of drug-likeness (QED) is 0.731. The largest absolute Gasteiger partial charge is 0.485 e. The number of ketones is 1. The Morgan fingerprint density at radius 1 is 1.00 bits per heavy atom. The van der Waals surface area contributed by atoms with E-state index in [1.807, 2.05) is 30.3 Å². The molecule has 2 aromatic carbocycles. The third-order valence-corrected chi connectivity index (χ3v) is 3.92. The van der Waals surface area contributed by atoms with Gasteiger partial charge < -0.3 is 4.74 Å². The Kier molecular flexibility index (Phi) is 4.81. The zero-order chi connectivity index (χ0) is 16.2. The maximum Gasteiger partial charge on any atom is 0.195 e. The zero-order valence-corrected chi connectivity index (χ0v) is 13.4. The number of rotatable bonds is 6. The van der Waals surface area contributed by atoms with Gasteiger partial charge in [-0.2, -0.15) is 0 Å². The van der Waals surface area contributed by atoms with E-state index in [0.29, 0.717) is 11.3 Å². The van der Waals surface area contributed by atoms with Crippen LogP contribution in [0.2, 0.25) is 0 Å². The van der Waals surface area contributed by atoms with Crippen LogP contribution in [0, 0.1) is 0 Å². The molecule has 0 saturated carbocycles. The van der Waals surface area contributed by atoms with Crippen molar-refractivity contribution in [3.05, 3.63) is 77.9 Å². The van der Waals surface area contributed by atoms with Gasteiger partial charge in [-0.3, -0.25) is 4.79 Å². The van der Waals surface area contributed by atoms with E-state index in [0.717, 1.165) is 0 Å². The second-order valence-corrected chi connectivity index (χ2v) is 6.01. The highest BCUT2D eigenvalue weighted by Gasteiger charge is 2.22. The molecule has 2 aromatic rings. The van der Waals surface area contributed by atoms with Crippen molar-refractivity contribution in [3.8, 4) is 5.75 Å². The highest BCUT2D eigenvalue weighted by Crippen LogP contribution is 2.32. The van der Waals surface area contributed by atoms with E-state index in [-0.39, 0.29) is 17.8 Å². The third kappa shape index (κ3) is 3.64. The summed E-state index contributed by atoms with van der Waals surface area (Å²) in [5, 5.41) is 0. The van der Waals surface area contributed by atoms with Crippen molar-refractivity contribution in [1.29, 1.82) is 0 Å². The number of ether oxygens (including phenoxy) is 1. The second-order valence-electron chi connectivity index (χ2n) is 6.01. The molecule has 2 heteroatoms. The van der Waals surface area contributed by atoms with Crippen molar-refractivity contribution in [1.82, 2.24) is 0 Å². The topological polar surface area (TPSA) is 26.3 Å². The number of hydrogen-bond donors (Lipinski definition) is 0. The molecule has 0 spiro atoms. The van der Waals surface area contributed by atoms with Gasteiger partial charge in [0, 0.05) is 5.41 Å². The summed E-state index contributed by atoms with van der Waals surface area (Å²) in [6.45, 7) is 9.74. The normalized spacial score (nSPS) is 11.0. The highest BCUT2D eigenvalue weighted by atomic mass is 16.5. The van der Waals surface area contributed by atoms with E-state index in [1.165, 1.54) is 11.1 Å². The molecule has 114 valence electrons. The van der Waals surface area contributed by atoms with Gasteiger partial charge >= 0.3 is 0 Å². The molecule has 0 atom stereocenters. The van der Waals surface area contributed by atoms with E-state index in [1.54, 1.807) is 6.92 Å². The first-order chi connectivity index (χ1) is 10.4. The Labute approximate surface area is 132 Å². The standard InChI is InChI=1S/C20H22O2/c1-15(2)19(21)14-22-18-12-10-17(11-13-18)20(3,4)16-8-6-5-7-9-16/h5-13H,1,14H2,2-4H3. The van der Waals surface area contributed by atoms with Gasteiger partial charge in [0.25, 0.3) is 0 Å². The van der Waals surface area contributed by atoms with Crippen LogP contribution in [0.25, 0.3) is 0 Å². The van der Waals surface area contributed by atoms with Gasteiger partial charge in [-0.15, -0.1) is 0 Å². The number of hydrogen-bond acceptors (Lipinski definition) is 2. The Hall–Kier alpha value is -2.35. The van der Waals surface area contributed by atoms with Crippen molar-refractivity contribution in [2.75, 3.05) is 6.61 Å². The molecule has 0 aliphatic heterocycles. The number of carbonyl (C=O) groups excluding carboxylic acids is 1. The van der Waals surface area contributed by atoms with Crippen molar-refractivity contribution < 1.29 is 9.53 Å². The minimum absolute atomic E-state index is 0.0385. The van der Waals surface area contributed by atoms with Crippen LogP contribution in [0.4, 0.5) is 0 Å². The smallest absolute Gasteiger partial charge is 0.195 e. The first-order valence-electron chi connectivity index (χ1n) is 7.39. The van der Waals surface area contributed by atoms with Gasteiger partial charge in [-0.1, -0.05) is 62.9 Å². The second kappa shape index (κ2) is 6.61. The lowest BCUT2D eigenvalue weighted by Crippen LogP contribution is -2.18. The van der Waals surface area contributed by atoms with Crippen LogP contribution < -0.4 is 4.74 Å². The fourth-order valence-corrected chi connectivity index (χ4v) is 2.26. The molecule has 0 fully saturated rings. The molecule has 0 radical (unpaired) electrons. The van der Waals surface area contributed by atoms with Crippen LogP contribution >= 0.6 is 0 Å². The van der Waals surface area contributed by atoms with Crippen molar-refractivity contribution in [2.24, 2.45) is 0 Å². The van der Waals surface area contributed by atoms with E-state index in [2.05, 4.69) is 44.7 Å². The van der Waals surface area contributed by atoms with E-state index < -0.39 is 0 Å². The summed E-state index contributed by atoms with van der Waals surface area (Å²) >= 11 is 0. The summed E-state index contributed by atoms with van der Waals surface area (Å²) in [6.07, 6.45) is 0. The van der Waals surface area contributed by atoms with Crippen molar-refractivity contribution >= 4 is 5.78 Å². The number of Topliss-reactive ketones (excluding diaryl/α,β-unsaturated/α-hetero) is 1. The molecular weight excluding hydrogens is 272 g/mol. The van der Waals surface area contributed by atoms with Crippen molar-refractivity contribution in [2.45, 2.75) is 26.2 Å². The summed E-state index contributed by atoms with van der Waals surface area (Å²) in [5.74, 6) is 0.621. The lowest BCUT2D eigenvalue weighted by Gasteiger charge is -2.26. The molecule has 0 aliphatic carbocycles. The average molecular weight is 294 g/mol. The van der Waals surface area contributed by atoms with Gasteiger partial charge in [0.15, 0.2) is 12.4 Å². The summed E-state index contributed by atoms with van der Waals surface area (Å²) in [7, 11) is 0. The maximum atomic E-state index is 11.5. The number of carbonyl (C=O) groups is 1. The van der Waals surface area contributed by atoms with Crippen LogP contribution in [-0.2, 0) is 10.2 Å². The van der Waals surface area contributed by atoms with Gasteiger partial charge in [0.1, 0.15) is 5.75 Å². The molecule has 0 saturated heterocycles. The fraction of sp³-hybridized carbons (Fsp3) is 0.250. The summed E-state index contributed by atoms with van der Waals surface area (Å²) in [6, 6.07) is 18.3. The average Bonchev–Trinajstić information content (AvgIpc) is 2.53. The lowest BCUT2D eigenvalue weighted by atomic mass is 9.78. The molecule has 2 nitrogen and oxygen atoms in total. The van der Waals surface area contributed by atoms with E-state index >= 15 is 0 Å². The minimum Gasteiger partial charge on any atom is -0.485 e. The Balaban J connectivity index is 2.12. The molecule has 2 rings (SSSR count). The summed E-state index contributed by atoms with van der Waals surface area (Å²) in [4.78, 5) is 11.5. The van der Waals surface area contributed by atoms with Gasteiger partial charge in [-0.05, 0) is 35.8 Å². The van der Waals surface area contributed by atoms with Crippen LogP contribution in [0.1, 0.15) is 31.9 Å². The number of benzene rings is 2. The zero-order valence-electron chi connectivity index (χ0n) is 13.4. The molecular formula is C20H22O2. The molecule has 0 N–H and O–H groups in total. The highest BCUT2D eigenvalue weighted by molar-refractivity contribution is 5.95. The lowest BCUT2D eigenvalue weighted by molar-refractivity contribution is -0.117. The Morgan fingerprint density at radius 2 is 1.55 bits per heavy atom. The van der Waals surface area contributed by atoms with Gasteiger partial charge in [-0.25, -0.2) is 0 Å². The van der Waals surface area contributed by atoms with Crippen LogP contribution in [-0.4, -0.2) is 12.4 Å². The summed E-state index contributed by atoms with van der Waals surface area (Å²) < 4.78 is 5.49. The minimum atomic E-state index is -0.0761. The van der Waals surface area contributed by atoms with E-state index in [9.17, 15) is 4.79 Å². The third-order valence-electron chi connectivity index (χ3n) is 3.92. The molecule has 0 heterocycles. The first-order valence-corrected chi connectivity index (χ1v) is 7.39. The molecule has 0 bridgehead atoms. The first kappa shape index (κ1) is 16.0. The van der Waals surface area contributed by atoms with Gasteiger partial charge in [0.2, 0.25) is 0 Å². The fourth-order valence-electron chi connectivity index (χ4n) is 2.26. The van der Waals surface area contributed by atoms with Crippen LogP contribution in [0.15, 0.2) is 66.7 Å². The maximum absolute atomic E-state index is 11.5. The Morgan fingerprint density at radius 3 is 2.09 bits per heavy atom. The molecule has 0 unspecified atom stereocenters. The van der Waals surface area contributed by atoms with Crippen LogP contribution in [0.5, 0.6) is 5.75 Å². The van der Waals surface area contributed by atoms with Crippen LogP contribution in [0.3, 0.4) is 0 Å². The monoisotopic (exact) mass is 294 g/mol. The summed E-state index contributed by atoms with van der Waals surface area (Å²) in [5.41, 5.74) is 2.91. The van der Waals surface area contributed by atoms with Crippen molar-refractivity contribution in [3.63, 3.8) is 0 Å². The molecule has 0 amide bonds. The molecule has 0 aromatic heterocycles. The molecule has 0 aliphatic rings. The predicted octanol–water partition coefficient (Wildman–Crippen LogP) is 4.54. The molecule has 22 heavy (non-hydrogen) atoms.